The van der Waals surface area contributed by atoms with Crippen LogP contribution in [0.25, 0.3) is 0 Å². The molecule has 0 radical (unpaired) electrons. The molecule has 18 heavy (non-hydrogen) atoms. The van der Waals surface area contributed by atoms with Gasteiger partial charge in [-0.25, -0.2) is 4.79 Å². The maximum atomic E-state index is 11.3. The number of ether oxygens (including phenoxy) is 1. The van der Waals surface area contributed by atoms with Gasteiger partial charge in [0.25, 0.3) is 0 Å². The highest BCUT2D eigenvalue weighted by molar-refractivity contribution is 5.67. The van der Waals surface area contributed by atoms with E-state index in [-0.39, 0.29) is 13.2 Å². The number of benzene rings is 1. The normalized spacial score (nSPS) is 10.1. The van der Waals surface area contributed by atoms with E-state index in [9.17, 15) is 4.79 Å². The van der Waals surface area contributed by atoms with Crippen LogP contribution < -0.4 is 10.6 Å². The van der Waals surface area contributed by atoms with Crippen molar-refractivity contribution in [2.75, 3.05) is 26.2 Å². The molecule has 0 aliphatic heterocycles. The second-order valence-electron chi connectivity index (χ2n) is 3.82. The molecule has 1 aromatic carbocycles. The number of rotatable bonds is 8. The van der Waals surface area contributed by atoms with E-state index in [1.165, 1.54) is 0 Å². The van der Waals surface area contributed by atoms with Gasteiger partial charge in [-0.3, -0.25) is 0 Å². The molecule has 5 heteroatoms. The summed E-state index contributed by atoms with van der Waals surface area (Å²) in [5.74, 6) is 0. The van der Waals surface area contributed by atoms with Crippen LogP contribution in [0, 0.1) is 0 Å². The highest BCUT2D eigenvalue weighted by atomic mass is 16.5. The quantitative estimate of drug-likeness (QED) is 0.601. The van der Waals surface area contributed by atoms with E-state index < -0.39 is 6.09 Å². The third-order valence-corrected chi connectivity index (χ3v) is 2.30. The second kappa shape index (κ2) is 9.44. The lowest BCUT2D eigenvalue weighted by Crippen LogP contribution is -2.28. The smallest absolute Gasteiger partial charge is 0.407 e. The molecule has 0 bridgehead atoms. The van der Waals surface area contributed by atoms with E-state index in [2.05, 4.69) is 10.6 Å². The van der Waals surface area contributed by atoms with Gasteiger partial charge in [0, 0.05) is 13.1 Å². The Balaban J connectivity index is 2.01. The molecule has 0 spiro atoms. The van der Waals surface area contributed by atoms with E-state index in [4.69, 9.17) is 9.84 Å². The minimum atomic E-state index is -0.402. The Bertz CT molecular complexity index is 330. The van der Waals surface area contributed by atoms with Crippen LogP contribution in [0.1, 0.15) is 12.0 Å². The van der Waals surface area contributed by atoms with Crippen LogP contribution in [-0.4, -0.2) is 37.4 Å². The maximum absolute atomic E-state index is 11.3. The lowest BCUT2D eigenvalue weighted by molar-refractivity contribution is 0.139. The number of alkyl carbamates (subject to hydrolysis) is 1. The van der Waals surface area contributed by atoms with Crippen molar-refractivity contribution in [3.05, 3.63) is 35.9 Å². The van der Waals surface area contributed by atoms with Gasteiger partial charge in [-0.2, -0.15) is 0 Å². The van der Waals surface area contributed by atoms with Crippen molar-refractivity contribution in [2.24, 2.45) is 0 Å². The van der Waals surface area contributed by atoms with Crippen LogP contribution in [0.15, 0.2) is 30.3 Å². The fourth-order valence-electron chi connectivity index (χ4n) is 1.38. The van der Waals surface area contributed by atoms with Gasteiger partial charge in [0.1, 0.15) is 6.61 Å². The first-order chi connectivity index (χ1) is 8.83. The van der Waals surface area contributed by atoms with Gasteiger partial charge in [0.05, 0.1) is 6.61 Å². The molecule has 1 amide bonds. The Hall–Kier alpha value is -1.59. The number of hydrogen-bond donors (Lipinski definition) is 3. The average Bonchev–Trinajstić information content (AvgIpc) is 2.41. The topological polar surface area (TPSA) is 70.6 Å². The van der Waals surface area contributed by atoms with Gasteiger partial charge in [-0.1, -0.05) is 30.3 Å². The van der Waals surface area contributed by atoms with Gasteiger partial charge in [-0.05, 0) is 18.5 Å². The first-order valence-corrected chi connectivity index (χ1v) is 6.09. The minimum absolute atomic E-state index is 0.131. The SMILES string of the molecule is O=C(NCCCNCCO)OCc1ccccc1. The van der Waals surface area contributed by atoms with E-state index in [1.54, 1.807) is 0 Å². The Morgan fingerprint density at radius 2 is 1.94 bits per heavy atom. The van der Waals surface area contributed by atoms with Crippen molar-refractivity contribution in [2.45, 2.75) is 13.0 Å². The molecule has 0 aromatic heterocycles. The van der Waals surface area contributed by atoms with Crippen molar-refractivity contribution in [3.63, 3.8) is 0 Å². The van der Waals surface area contributed by atoms with Gasteiger partial charge < -0.3 is 20.5 Å². The maximum Gasteiger partial charge on any atom is 0.407 e. The number of carbonyl (C=O) groups excluding carboxylic acids is 1. The molecule has 3 N–H and O–H groups in total. The highest BCUT2D eigenvalue weighted by Crippen LogP contribution is 2.00. The van der Waals surface area contributed by atoms with Gasteiger partial charge in [0.2, 0.25) is 0 Å². The average molecular weight is 252 g/mol. The molecular formula is C13H20N2O3. The Morgan fingerprint density at radius 1 is 1.17 bits per heavy atom. The van der Waals surface area contributed by atoms with Crippen LogP contribution in [-0.2, 0) is 11.3 Å². The zero-order valence-corrected chi connectivity index (χ0v) is 10.4. The van der Waals surface area contributed by atoms with E-state index in [0.717, 1.165) is 18.5 Å². The number of nitrogens with one attached hydrogen (secondary N) is 2. The number of hydrogen-bond acceptors (Lipinski definition) is 4. The lowest BCUT2D eigenvalue weighted by Gasteiger charge is -2.07. The van der Waals surface area contributed by atoms with Gasteiger partial charge in [-0.15, -0.1) is 0 Å². The number of aliphatic hydroxyl groups is 1. The largest absolute Gasteiger partial charge is 0.445 e. The van der Waals surface area contributed by atoms with Gasteiger partial charge in [0.15, 0.2) is 0 Å². The third-order valence-electron chi connectivity index (χ3n) is 2.30. The van der Waals surface area contributed by atoms with Crippen molar-refractivity contribution in [1.29, 1.82) is 0 Å². The van der Waals surface area contributed by atoms with Crippen molar-refractivity contribution >= 4 is 6.09 Å². The molecule has 0 heterocycles. The summed E-state index contributed by atoms with van der Waals surface area (Å²) in [7, 11) is 0. The summed E-state index contributed by atoms with van der Waals surface area (Å²) in [6.07, 6.45) is 0.404. The Morgan fingerprint density at radius 3 is 2.67 bits per heavy atom. The Labute approximate surface area is 107 Å². The summed E-state index contributed by atoms with van der Waals surface area (Å²) in [5.41, 5.74) is 0.970. The second-order valence-corrected chi connectivity index (χ2v) is 3.82. The van der Waals surface area contributed by atoms with Crippen molar-refractivity contribution in [1.82, 2.24) is 10.6 Å². The fourth-order valence-corrected chi connectivity index (χ4v) is 1.38. The molecule has 0 aliphatic rings. The van der Waals surface area contributed by atoms with Crippen LogP contribution >= 0.6 is 0 Å². The van der Waals surface area contributed by atoms with E-state index in [0.29, 0.717) is 13.1 Å². The third kappa shape index (κ3) is 6.88. The zero-order chi connectivity index (χ0) is 13.1. The monoisotopic (exact) mass is 252 g/mol. The molecular weight excluding hydrogens is 232 g/mol. The number of amides is 1. The molecule has 0 saturated heterocycles. The predicted molar refractivity (Wildman–Crippen MR) is 69.2 cm³/mol. The van der Waals surface area contributed by atoms with Gasteiger partial charge >= 0.3 is 6.09 Å². The molecule has 0 unspecified atom stereocenters. The van der Waals surface area contributed by atoms with Crippen molar-refractivity contribution < 1.29 is 14.6 Å². The van der Waals surface area contributed by atoms with Crippen LogP contribution in [0.2, 0.25) is 0 Å². The Kier molecular flexibility index (Phi) is 7.59. The number of carbonyl (C=O) groups is 1. The molecule has 5 nitrogen and oxygen atoms in total. The van der Waals surface area contributed by atoms with Crippen molar-refractivity contribution in [3.8, 4) is 0 Å². The molecule has 0 saturated carbocycles. The fraction of sp³-hybridized carbons (Fsp3) is 0.462. The summed E-state index contributed by atoms with van der Waals surface area (Å²) in [5, 5.41) is 14.2. The summed E-state index contributed by atoms with van der Waals surface area (Å²) >= 11 is 0. The summed E-state index contributed by atoms with van der Waals surface area (Å²) < 4.78 is 5.05. The molecule has 0 fully saturated rings. The summed E-state index contributed by atoms with van der Waals surface area (Å²) in [6, 6.07) is 9.55. The zero-order valence-electron chi connectivity index (χ0n) is 10.4. The molecule has 1 aromatic rings. The standard InChI is InChI=1S/C13H20N2O3/c16-10-9-14-7-4-8-15-13(17)18-11-12-5-2-1-3-6-12/h1-3,5-6,14,16H,4,7-11H2,(H,15,17). The van der Waals surface area contributed by atoms with Crippen LogP contribution in [0.3, 0.4) is 0 Å². The molecule has 100 valence electrons. The van der Waals surface area contributed by atoms with E-state index >= 15 is 0 Å². The van der Waals surface area contributed by atoms with Crippen LogP contribution in [0.5, 0.6) is 0 Å². The molecule has 1 rings (SSSR count). The minimum Gasteiger partial charge on any atom is -0.445 e. The van der Waals surface area contributed by atoms with Crippen LogP contribution in [0.4, 0.5) is 4.79 Å². The lowest BCUT2D eigenvalue weighted by atomic mass is 10.2. The number of aliphatic hydroxyl groups excluding tert-OH is 1. The molecule has 0 atom stereocenters. The first kappa shape index (κ1) is 14.5. The predicted octanol–water partition coefficient (Wildman–Crippen LogP) is 0.885. The highest BCUT2D eigenvalue weighted by Gasteiger charge is 2.01. The van der Waals surface area contributed by atoms with E-state index in [1.807, 2.05) is 30.3 Å². The first-order valence-electron chi connectivity index (χ1n) is 6.09. The summed E-state index contributed by atoms with van der Waals surface area (Å²) in [4.78, 5) is 11.3. The summed E-state index contributed by atoms with van der Waals surface area (Å²) in [6.45, 7) is 2.33. The molecule has 0 aliphatic carbocycles.